The summed E-state index contributed by atoms with van der Waals surface area (Å²) in [5, 5.41) is 0. The number of amides is 1. The maximum absolute atomic E-state index is 11.4. The molecule has 0 bridgehead atoms. The van der Waals surface area contributed by atoms with Crippen LogP contribution in [0.1, 0.15) is 39.0 Å². The minimum Gasteiger partial charge on any atom is -0.496 e. The number of rotatable bonds is 7. The van der Waals surface area contributed by atoms with Crippen LogP contribution in [0.3, 0.4) is 0 Å². The lowest BCUT2D eigenvalue weighted by molar-refractivity contribution is 0.100. The van der Waals surface area contributed by atoms with E-state index in [1.165, 1.54) is 16.2 Å². The number of primary amides is 1. The zero-order chi connectivity index (χ0) is 18.7. The van der Waals surface area contributed by atoms with Crippen LogP contribution in [-0.2, 0) is 6.54 Å². The van der Waals surface area contributed by atoms with Crippen molar-refractivity contribution >= 4 is 29.0 Å². The summed E-state index contributed by atoms with van der Waals surface area (Å²) < 4.78 is 11.2. The molecule has 0 radical (unpaired) electrons. The van der Waals surface area contributed by atoms with Crippen LogP contribution in [0.2, 0.25) is 0 Å². The number of thioether (sulfide) groups is 1. The number of nitrogens with zero attached hydrogens (tertiary/aromatic N) is 1. The van der Waals surface area contributed by atoms with E-state index in [4.69, 9.17) is 15.2 Å². The minimum absolute atomic E-state index is 0.309. The van der Waals surface area contributed by atoms with Crippen molar-refractivity contribution in [2.24, 2.45) is 5.73 Å². The second kappa shape index (κ2) is 8.33. The van der Waals surface area contributed by atoms with Gasteiger partial charge in [0.25, 0.3) is 5.91 Å². The van der Waals surface area contributed by atoms with Crippen LogP contribution < -0.4 is 15.2 Å². The Morgan fingerprint density at radius 2 is 2.08 bits per heavy atom. The minimum atomic E-state index is -0.357. The molecule has 2 heterocycles. The largest absolute Gasteiger partial charge is 0.496 e. The predicted molar refractivity (Wildman–Crippen MR) is 107 cm³/mol. The van der Waals surface area contributed by atoms with Gasteiger partial charge in [-0.15, -0.1) is 23.1 Å². The summed E-state index contributed by atoms with van der Waals surface area (Å²) in [7, 11) is 3.40. The molecule has 0 saturated carbocycles. The SMILES string of the molecule is COc1cc(SC)c(OC)cc1CN1CCCC1c1ccc(C(N)=O)s1. The molecule has 0 spiro atoms. The number of likely N-dealkylation sites (tertiary alicyclic amines) is 1. The third kappa shape index (κ3) is 3.84. The van der Waals surface area contributed by atoms with Gasteiger partial charge in [0.05, 0.1) is 24.0 Å². The van der Waals surface area contributed by atoms with Gasteiger partial charge < -0.3 is 15.2 Å². The first-order chi connectivity index (χ1) is 12.6. The lowest BCUT2D eigenvalue weighted by Crippen LogP contribution is -2.22. The summed E-state index contributed by atoms with van der Waals surface area (Å²) in [5.41, 5.74) is 6.52. The van der Waals surface area contributed by atoms with E-state index in [-0.39, 0.29) is 5.91 Å². The number of thiophene rings is 1. The van der Waals surface area contributed by atoms with Crippen LogP contribution in [0.4, 0.5) is 0 Å². The second-order valence-electron chi connectivity index (χ2n) is 6.21. The maximum atomic E-state index is 11.4. The fourth-order valence-electron chi connectivity index (χ4n) is 3.44. The van der Waals surface area contributed by atoms with E-state index in [9.17, 15) is 4.79 Å². The highest BCUT2D eigenvalue weighted by Crippen LogP contribution is 2.40. The maximum Gasteiger partial charge on any atom is 0.258 e. The fourth-order valence-corrected chi connectivity index (χ4v) is 5.03. The van der Waals surface area contributed by atoms with Gasteiger partial charge in [-0.05, 0) is 49.9 Å². The standard InChI is InChI=1S/C19H24N2O3S2/c1-23-14-10-18(25-3)15(24-2)9-12(14)11-21-8-4-5-13(21)16-6-7-17(26-16)19(20)22/h6-7,9-10,13H,4-5,8,11H2,1-3H3,(H2,20,22). The van der Waals surface area contributed by atoms with Crippen molar-refractivity contribution in [1.29, 1.82) is 0 Å². The van der Waals surface area contributed by atoms with E-state index >= 15 is 0 Å². The van der Waals surface area contributed by atoms with Crippen LogP contribution in [-0.4, -0.2) is 37.8 Å². The summed E-state index contributed by atoms with van der Waals surface area (Å²) in [6, 6.07) is 8.28. The lowest BCUT2D eigenvalue weighted by Gasteiger charge is -2.25. The number of nitrogens with two attached hydrogens (primary N) is 1. The van der Waals surface area contributed by atoms with E-state index in [0.717, 1.165) is 47.9 Å². The molecule has 140 valence electrons. The topological polar surface area (TPSA) is 64.8 Å². The van der Waals surface area contributed by atoms with E-state index in [2.05, 4.69) is 11.0 Å². The highest BCUT2D eigenvalue weighted by Gasteiger charge is 2.28. The molecule has 5 nitrogen and oxygen atoms in total. The monoisotopic (exact) mass is 392 g/mol. The molecule has 2 N–H and O–H groups in total. The molecule has 1 aliphatic heterocycles. The second-order valence-corrected chi connectivity index (χ2v) is 8.18. The average Bonchev–Trinajstić information content (AvgIpc) is 3.30. The summed E-state index contributed by atoms with van der Waals surface area (Å²) >= 11 is 3.14. The van der Waals surface area contributed by atoms with Gasteiger partial charge in [0.15, 0.2) is 0 Å². The predicted octanol–water partition coefficient (Wildman–Crippen LogP) is 3.92. The van der Waals surface area contributed by atoms with Crippen molar-refractivity contribution in [3.63, 3.8) is 0 Å². The third-order valence-corrected chi connectivity index (χ3v) is 6.68. The fraction of sp³-hybridized carbons (Fsp3) is 0.421. The van der Waals surface area contributed by atoms with Gasteiger partial charge in [0, 0.05) is 23.0 Å². The lowest BCUT2D eigenvalue weighted by atomic mass is 10.1. The van der Waals surface area contributed by atoms with Gasteiger partial charge in [0.2, 0.25) is 0 Å². The molecule has 1 fully saturated rings. The Balaban J connectivity index is 1.85. The Hall–Kier alpha value is -1.70. The normalized spacial score (nSPS) is 17.4. The van der Waals surface area contributed by atoms with Crippen molar-refractivity contribution in [2.45, 2.75) is 30.3 Å². The molecule has 1 saturated heterocycles. The first kappa shape index (κ1) is 19.1. The quantitative estimate of drug-likeness (QED) is 0.724. The molecule has 1 atom stereocenters. The molecule has 1 aliphatic rings. The Bertz CT molecular complexity index is 791. The van der Waals surface area contributed by atoms with E-state index in [1.54, 1.807) is 26.0 Å². The summed E-state index contributed by atoms with van der Waals surface area (Å²) in [6.07, 6.45) is 4.25. The molecular formula is C19H24N2O3S2. The highest BCUT2D eigenvalue weighted by atomic mass is 32.2. The number of carbonyl (C=O) groups excluding carboxylic acids is 1. The Morgan fingerprint density at radius 3 is 2.69 bits per heavy atom. The van der Waals surface area contributed by atoms with Gasteiger partial charge in [-0.3, -0.25) is 9.69 Å². The van der Waals surface area contributed by atoms with Crippen LogP contribution in [0.25, 0.3) is 0 Å². The first-order valence-electron chi connectivity index (χ1n) is 8.49. The van der Waals surface area contributed by atoms with Crippen molar-refractivity contribution in [1.82, 2.24) is 4.90 Å². The number of hydrogen-bond acceptors (Lipinski definition) is 6. The van der Waals surface area contributed by atoms with E-state index in [0.29, 0.717) is 10.9 Å². The number of hydrogen-bond donors (Lipinski definition) is 1. The molecule has 1 amide bonds. The molecule has 0 aliphatic carbocycles. The number of benzene rings is 1. The molecule has 2 aromatic rings. The summed E-state index contributed by atoms with van der Waals surface area (Å²) in [5.74, 6) is 1.39. The number of carbonyl (C=O) groups is 1. The molecule has 1 unspecified atom stereocenters. The van der Waals surface area contributed by atoms with Gasteiger partial charge in [-0.1, -0.05) is 0 Å². The van der Waals surface area contributed by atoms with Crippen molar-refractivity contribution < 1.29 is 14.3 Å². The zero-order valence-corrected chi connectivity index (χ0v) is 16.9. The van der Waals surface area contributed by atoms with E-state index < -0.39 is 0 Å². The number of methoxy groups -OCH3 is 2. The van der Waals surface area contributed by atoms with Crippen LogP contribution >= 0.6 is 23.1 Å². The van der Waals surface area contributed by atoms with Crippen molar-refractivity contribution in [2.75, 3.05) is 27.0 Å². The Morgan fingerprint density at radius 1 is 1.31 bits per heavy atom. The molecule has 3 rings (SSSR count). The van der Waals surface area contributed by atoms with Gasteiger partial charge in [-0.2, -0.15) is 0 Å². The first-order valence-corrected chi connectivity index (χ1v) is 10.5. The zero-order valence-electron chi connectivity index (χ0n) is 15.3. The average molecular weight is 393 g/mol. The highest BCUT2D eigenvalue weighted by molar-refractivity contribution is 7.98. The number of ether oxygens (including phenoxy) is 2. The third-order valence-electron chi connectivity index (χ3n) is 4.72. The van der Waals surface area contributed by atoms with Crippen molar-refractivity contribution in [3.8, 4) is 11.5 Å². The smallest absolute Gasteiger partial charge is 0.258 e. The van der Waals surface area contributed by atoms with Crippen LogP contribution in [0.15, 0.2) is 29.2 Å². The van der Waals surface area contributed by atoms with Crippen LogP contribution in [0, 0.1) is 0 Å². The molecular weight excluding hydrogens is 368 g/mol. The van der Waals surface area contributed by atoms with Crippen LogP contribution in [0.5, 0.6) is 11.5 Å². The molecule has 7 heteroatoms. The summed E-state index contributed by atoms with van der Waals surface area (Å²) in [4.78, 5) is 16.7. The van der Waals surface area contributed by atoms with Gasteiger partial charge in [-0.25, -0.2) is 0 Å². The van der Waals surface area contributed by atoms with Crippen molar-refractivity contribution in [3.05, 3.63) is 39.6 Å². The Labute approximate surface area is 162 Å². The molecule has 1 aromatic heterocycles. The van der Waals surface area contributed by atoms with Gasteiger partial charge >= 0.3 is 0 Å². The molecule has 26 heavy (non-hydrogen) atoms. The van der Waals surface area contributed by atoms with E-state index in [1.807, 2.05) is 24.5 Å². The summed E-state index contributed by atoms with van der Waals surface area (Å²) in [6.45, 7) is 1.80. The Kier molecular flexibility index (Phi) is 6.11. The van der Waals surface area contributed by atoms with Gasteiger partial charge in [0.1, 0.15) is 11.5 Å². The molecule has 1 aromatic carbocycles.